The maximum Gasteiger partial charge on any atom is 0.259 e. The lowest BCUT2D eigenvalue weighted by Crippen LogP contribution is -2.41. The van der Waals surface area contributed by atoms with Crippen LogP contribution in [0.25, 0.3) is 22.6 Å². The SMILES string of the molecule is Cc1noc2nc(-c3ccco3)cc(C(=O)N3CCC(C(=O)Nc4ccccc4)CC3)c12. The standard InChI is InChI=1S/C24H22N4O4/c1-15-21-18(14-19(20-8-5-13-31-20)26-23(21)32-27-15)24(30)28-11-9-16(10-12-28)22(29)25-17-6-3-2-4-7-17/h2-8,13-14,16H,9-12H2,1H3,(H,25,29). The van der Waals surface area contributed by atoms with Gasteiger partial charge in [0.05, 0.1) is 22.9 Å². The van der Waals surface area contributed by atoms with Gasteiger partial charge in [0, 0.05) is 24.7 Å². The van der Waals surface area contributed by atoms with E-state index in [-0.39, 0.29) is 17.7 Å². The number of rotatable bonds is 4. The van der Waals surface area contributed by atoms with Gasteiger partial charge in [-0.25, -0.2) is 4.98 Å². The van der Waals surface area contributed by atoms with Crippen LogP contribution in [0.1, 0.15) is 28.9 Å². The predicted octanol–water partition coefficient (Wildman–Crippen LogP) is 4.28. The second kappa shape index (κ2) is 8.30. The van der Waals surface area contributed by atoms with E-state index < -0.39 is 0 Å². The number of aryl methyl sites for hydroxylation is 1. The average Bonchev–Trinajstić information content (AvgIpc) is 3.49. The minimum absolute atomic E-state index is 0.00964. The van der Waals surface area contributed by atoms with Crippen LogP contribution in [0.3, 0.4) is 0 Å². The zero-order chi connectivity index (χ0) is 22.1. The number of pyridine rings is 1. The molecule has 4 aromatic rings. The Bertz CT molecular complexity index is 1260. The molecule has 1 N–H and O–H groups in total. The number of para-hydroxylation sites is 1. The number of carbonyl (C=O) groups excluding carboxylic acids is 2. The number of nitrogens with one attached hydrogen (secondary N) is 1. The van der Waals surface area contributed by atoms with Crippen LogP contribution in [0, 0.1) is 12.8 Å². The zero-order valence-corrected chi connectivity index (χ0v) is 17.6. The molecule has 162 valence electrons. The van der Waals surface area contributed by atoms with Crippen LogP contribution in [0.2, 0.25) is 0 Å². The van der Waals surface area contributed by atoms with Crippen molar-refractivity contribution >= 4 is 28.6 Å². The van der Waals surface area contributed by atoms with Gasteiger partial charge in [-0.3, -0.25) is 9.59 Å². The molecule has 32 heavy (non-hydrogen) atoms. The number of hydrogen-bond acceptors (Lipinski definition) is 6. The van der Waals surface area contributed by atoms with Crippen LogP contribution < -0.4 is 5.32 Å². The van der Waals surface area contributed by atoms with E-state index in [1.165, 1.54) is 0 Å². The van der Waals surface area contributed by atoms with Gasteiger partial charge in [-0.1, -0.05) is 23.4 Å². The van der Waals surface area contributed by atoms with Crippen LogP contribution in [-0.2, 0) is 4.79 Å². The minimum atomic E-state index is -0.132. The number of amides is 2. The van der Waals surface area contributed by atoms with Crippen molar-refractivity contribution in [2.45, 2.75) is 19.8 Å². The van der Waals surface area contributed by atoms with Crippen molar-refractivity contribution in [3.63, 3.8) is 0 Å². The highest BCUT2D eigenvalue weighted by Crippen LogP contribution is 2.29. The van der Waals surface area contributed by atoms with Gasteiger partial charge in [0.15, 0.2) is 5.76 Å². The highest BCUT2D eigenvalue weighted by Gasteiger charge is 2.30. The van der Waals surface area contributed by atoms with Crippen LogP contribution >= 0.6 is 0 Å². The first-order valence-electron chi connectivity index (χ1n) is 10.6. The molecular weight excluding hydrogens is 408 g/mol. The molecule has 3 aromatic heterocycles. The van der Waals surface area contributed by atoms with Crippen molar-refractivity contribution in [1.82, 2.24) is 15.0 Å². The third-order valence-electron chi connectivity index (χ3n) is 5.82. The molecule has 0 spiro atoms. The zero-order valence-electron chi connectivity index (χ0n) is 17.6. The summed E-state index contributed by atoms with van der Waals surface area (Å²) < 4.78 is 10.8. The summed E-state index contributed by atoms with van der Waals surface area (Å²) in [6, 6.07) is 14.7. The van der Waals surface area contributed by atoms with Gasteiger partial charge in [0.2, 0.25) is 5.91 Å². The maximum atomic E-state index is 13.5. The number of anilines is 1. The summed E-state index contributed by atoms with van der Waals surface area (Å²) in [6.45, 7) is 2.78. The van der Waals surface area contributed by atoms with Gasteiger partial charge in [0.1, 0.15) is 5.69 Å². The Kier molecular flexibility index (Phi) is 5.18. The maximum absolute atomic E-state index is 13.5. The first kappa shape index (κ1) is 20.0. The number of aromatic nitrogens is 2. The van der Waals surface area contributed by atoms with E-state index in [1.54, 1.807) is 36.3 Å². The molecular formula is C24H22N4O4. The predicted molar refractivity (Wildman–Crippen MR) is 118 cm³/mol. The molecule has 0 radical (unpaired) electrons. The molecule has 1 aromatic carbocycles. The third kappa shape index (κ3) is 3.75. The molecule has 0 bridgehead atoms. The van der Waals surface area contributed by atoms with Crippen molar-refractivity contribution in [3.05, 3.63) is 66.1 Å². The van der Waals surface area contributed by atoms with Gasteiger partial charge in [0.25, 0.3) is 11.6 Å². The Labute approximate surface area is 184 Å². The summed E-state index contributed by atoms with van der Waals surface area (Å²) in [5, 5.41) is 7.55. The number of hydrogen-bond donors (Lipinski definition) is 1. The fourth-order valence-corrected chi connectivity index (χ4v) is 4.09. The lowest BCUT2D eigenvalue weighted by molar-refractivity contribution is -0.121. The number of furan rings is 1. The van der Waals surface area contributed by atoms with Gasteiger partial charge in [-0.2, -0.15) is 0 Å². The summed E-state index contributed by atoms with van der Waals surface area (Å²) in [7, 11) is 0. The molecule has 8 heteroatoms. The normalized spacial score (nSPS) is 14.6. The van der Waals surface area contributed by atoms with Crippen molar-refractivity contribution in [3.8, 4) is 11.5 Å². The summed E-state index contributed by atoms with van der Waals surface area (Å²) >= 11 is 0. The lowest BCUT2D eigenvalue weighted by Gasteiger charge is -2.31. The van der Waals surface area contributed by atoms with Crippen LogP contribution in [0.15, 0.2) is 63.7 Å². The van der Waals surface area contributed by atoms with Gasteiger partial charge >= 0.3 is 0 Å². The molecule has 0 unspecified atom stereocenters. The van der Waals surface area contributed by atoms with Gasteiger partial charge in [-0.15, -0.1) is 0 Å². The Morgan fingerprint density at radius 2 is 1.88 bits per heavy atom. The van der Waals surface area contributed by atoms with E-state index in [9.17, 15) is 9.59 Å². The molecule has 0 saturated carbocycles. The average molecular weight is 430 g/mol. The summed E-state index contributed by atoms with van der Waals surface area (Å²) in [5.41, 5.74) is 2.69. The summed E-state index contributed by atoms with van der Waals surface area (Å²) in [4.78, 5) is 32.3. The third-order valence-corrected chi connectivity index (χ3v) is 5.82. The van der Waals surface area contributed by atoms with E-state index in [0.717, 1.165) is 5.69 Å². The number of likely N-dealkylation sites (tertiary alicyclic amines) is 1. The summed E-state index contributed by atoms with van der Waals surface area (Å²) in [5.74, 6) is 0.280. The number of benzene rings is 1. The molecule has 0 atom stereocenters. The molecule has 5 rings (SSSR count). The van der Waals surface area contributed by atoms with E-state index in [4.69, 9.17) is 8.94 Å². The minimum Gasteiger partial charge on any atom is -0.463 e. The van der Waals surface area contributed by atoms with Gasteiger partial charge < -0.3 is 19.2 Å². The number of nitrogens with zero attached hydrogens (tertiary/aromatic N) is 3. The van der Waals surface area contributed by atoms with E-state index in [2.05, 4.69) is 15.5 Å². The lowest BCUT2D eigenvalue weighted by atomic mass is 9.95. The molecule has 8 nitrogen and oxygen atoms in total. The first-order valence-corrected chi connectivity index (χ1v) is 10.6. The van der Waals surface area contributed by atoms with Gasteiger partial charge in [-0.05, 0) is 50.1 Å². The smallest absolute Gasteiger partial charge is 0.259 e. The number of carbonyl (C=O) groups is 2. The molecule has 1 aliphatic heterocycles. The van der Waals surface area contributed by atoms with E-state index in [0.29, 0.717) is 59.7 Å². The molecule has 4 heterocycles. The van der Waals surface area contributed by atoms with Crippen molar-refractivity contribution < 1.29 is 18.5 Å². The van der Waals surface area contributed by atoms with Crippen molar-refractivity contribution in [2.24, 2.45) is 5.92 Å². The second-order valence-electron chi connectivity index (χ2n) is 7.90. The Morgan fingerprint density at radius 1 is 1.09 bits per heavy atom. The molecule has 2 amide bonds. The van der Waals surface area contributed by atoms with Crippen LogP contribution in [0.5, 0.6) is 0 Å². The highest BCUT2D eigenvalue weighted by molar-refractivity contribution is 6.07. The number of fused-ring (bicyclic) bond motifs is 1. The topological polar surface area (TPSA) is 101 Å². The molecule has 1 fully saturated rings. The largest absolute Gasteiger partial charge is 0.463 e. The Hall–Kier alpha value is -3.94. The molecule has 1 aliphatic rings. The number of piperidine rings is 1. The second-order valence-corrected chi connectivity index (χ2v) is 7.90. The molecule has 1 saturated heterocycles. The Balaban J connectivity index is 1.34. The quantitative estimate of drug-likeness (QED) is 0.518. The monoisotopic (exact) mass is 430 g/mol. The first-order chi connectivity index (χ1) is 15.6. The molecule has 0 aliphatic carbocycles. The highest BCUT2D eigenvalue weighted by atomic mass is 16.5. The fourth-order valence-electron chi connectivity index (χ4n) is 4.09. The van der Waals surface area contributed by atoms with E-state index in [1.807, 2.05) is 30.3 Å². The van der Waals surface area contributed by atoms with E-state index >= 15 is 0 Å². The van der Waals surface area contributed by atoms with Crippen molar-refractivity contribution in [2.75, 3.05) is 18.4 Å². The van der Waals surface area contributed by atoms with Crippen LogP contribution in [0.4, 0.5) is 5.69 Å². The van der Waals surface area contributed by atoms with Crippen molar-refractivity contribution in [1.29, 1.82) is 0 Å². The fraction of sp³-hybridized carbons (Fsp3) is 0.250. The Morgan fingerprint density at radius 3 is 2.59 bits per heavy atom. The van der Waals surface area contributed by atoms with Crippen LogP contribution in [-0.4, -0.2) is 39.9 Å². The summed E-state index contributed by atoms with van der Waals surface area (Å²) in [6.07, 6.45) is 2.76.